The lowest BCUT2D eigenvalue weighted by molar-refractivity contribution is -0.870. The van der Waals surface area contributed by atoms with E-state index < -0.39 is 29.2 Å². The molecule has 0 aliphatic carbocycles. The summed E-state index contributed by atoms with van der Waals surface area (Å²) in [6.07, 6.45) is 0. The molecule has 0 heterocycles. The Bertz CT molecular complexity index is 901. The number of quaternary nitrogens is 2. The van der Waals surface area contributed by atoms with Crippen LogP contribution < -0.4 is 9.47 Å². The van der Waals surface area contributed by atoms with E-state index in [9.17, 15) is 18.9 Å². The molecule has 0 fully saturated rings. The van der Waals surface area contributed by atoms with Crippen molar-refractivity contribution in [1.82, 2.24) is 0 Å². The minimum Gasteiger partial charge on any atom is -0.467 e. The highest BCUT2D eigenvalue weighted by Crippen LogP contribution is 2.45. The molecule has 1 rings (SSSR count). The number of phosphoric ester groups is 2. The molecule has 14 heteroatoms. The first-order valence-corrected chi connectivity index (χ1v) is 15.5. The molecule has 0 aliphatic rings. The molecule has 2 atom stereocenters. The standard InChI is InChI=1S/C24H46N2O10P2/c1-19(2)21-15-22(20(3)4)24(32-18-36-38(29,30)34-14-12-26(8,9)10)16-23(21)31-17-35-37(27,28)33-13-11-25(5,6)7/h15-16,19-20H,11-14,17-18H2,1-10H3/p+2. The topological polar surface area (TPSA) is 130 Å². The summed E-state index contributed by atoms with van der Waals surface area (Å²) in [5, 5.41) is 0. The number of phosphoric acid groups is 2. The summed E-state index contributed by atoms with van der Waals surface area (Å²) in [7, 11) is 3.01. The number of ether oxygens (including phenoxy) is 2. The Morgan fingerprint density at radius 1 is 0.658 bits per heavy atom. The summed E-state index contributed by atoms with van der Waals surface area (Å²) in [4.78, 5) is 19.9. The average Bonchev–Trinajstić information content (AvgIpc) is 2.70. The highest BCUT2D eigenvalue weighted by atomic mass is 31.2. The zero-order valence-electron chi connectivity index (χ0n) is 24.5. The van der Waals surface area contributed by atoms with E-state index in [4.69, 9.17) is 27.6 Å². The number of hydrogen-bond acceptors (Lipinski definition) is 8. The Morgan fingerprint density at radius 3 is 1.29 bits per heavy atom. The van der Waals surface area contributed by atoms with Crippen molar-refractivity contribution in [2.24, 2.45) is 0 Å². The molecule has 0 amide bonds. The predicted molar refractivity (Wildman–Crippen MR) is 145 cm³/mol. The highest BCUT2D eigenvalue weighted by Gasteiger charge is 2.25. The maximum atomic E-state index is 12.2. The number of rotatable bonds is 18. The highest BCUT2D eigenvalue weighted by molar-refractivity contribution is 7.47. The van der Waals surface area contributed by atoms with E-state index in [0.717, 1.165) is 11.1 Å². The molecule has 2 N–H and O–H groups in total. The van der Waals surface area contributed by atoms with Crippen LogP contribution >= 0.6 is 15.6 Å². The Balaban J connectivity index is 2.90. The number of nitrogens with zero attached hydrogens (tertiary/aromatic N) is 2. The van der Waals surface area contributed by atoms with Gasteiger partial charge in [-0.3, -0.25) is 9.05 Å². The first kappa shape index (κ1) is 35.0. The van der Waals surface area contributed by atoms with Crippen LogP contribution in [0.15, 0.2) is 12.1 Å². The third-order valence-electron chi connectivity index (χ3n) is 5.28. The summed E-state index contributed by atoms with van der Waals surface area (Å²) >= 11 is 0. The Labute approximate surface area is 227 Å². The molecule has 0 saturated heterocycles. The second kappa shape index (κ2) is 14.6. The second-order valence-corrected chi connectivity index (χ2v) is 14.6. The van der Waals surface area contributed by atoms with Gasteiger partial charge in [-0.05, 0) is 29.0 Å². The molecule has 12 nitrogen and oxygen atoms in total. The molecule has 0 aromatic heterocycles. The van der Waals surface area contributed by atoms with Crippen molar-refractivity contribution in [3.63, 3.8) is 0 Å². The van der Waals surface area contributed by atoms with E-state index in [1.807, 2.05) is 76.0 Å². The van der Waals surface area contributed by atoms with Gasteiger partial charge >= 0.3 is 15.6 Å². The van der Waals surface area contributed by atoms with Gasteiger partial charge in [0.05, 0.1) is 42.3 Å². The van der Waals surface area contributed by atoms with Crippen LogP contribution in [0, 0.1) is 0 Å². The van der Waals surface area contributed by atoms with Crippen molar-refractivity contribution in [1.29, 1.82) is 0 Å². The molecule has 0 radical (unpaired) electrons. The monoisotopic (exact) mass is 586 g/mol. The lowest BCUT2D eigenvalue weighted by Gasteiger charge is -2.24. The zero-order chi connectivity index (χ0) is 29.4. The third kappa shape index (κ3) is 14.4. The summed E-state index contributed by atoms with van der Waals surface area (Å²) in [6, 6.07) is 3.52. The van der Waals surface area contributed by atoms with Gasteiger partial charge in [0.2, 0.25) is 0 Å². The quantitative estimate of drug-likeness (QED) is 0.146. The van der Waals surface area contributed by atoms with Crippen molar-refractivity contribution in [3.05, 3.63) is 23.3 Å². The number of benzene rings is 1. The predicted octanol–water partition coefficient (Wildman–Crippen LogP) is 4.29. The maximum Gasteiger partial charge on any atom is 0.475 e. The summed E-state index contributed by atoms with van der Waals surface area (Å²) in [6.45, 7) is 8.01. The molecule has 1 aromatic rings. The lowest BCUT2D eigenvalue weighted by Crippen LogP contribution is -2.37. The Kier molecular flexibility index (Phi) is 13.4. The SMILES string of the molecule is CC(C)c1cc(C(C)C)c(OCOP(=O)(O)OCC[N+](C)(C)C)cc1OCOP(=O)(O)OCC[N+](C)(C)C. The minimum absolute atomic E-state index is 0.0450. The van der Waals surface area contributed by atoms with Crippen molar-refractivity contribution < 1.29 is 55.5 Å². The van der Waals surface area contributed by atoms with Crippen LogP contribution in [0.3, 0.4) is 0 Å². The maximum absolute atomic E-state index is 12.2. The lowest BCUT2D eigenvalue weighted by atomic mass is 9.94. The fourth-order valence-electron chi connectivity index (χ4n) is 3.00. The Morgan fingerprint density at radius 2 is 1.00 bits per heavy atom. The van der Waals surface area contributed by atoms with E-state index in [-0.39, 0.29) is 25.0 Å². The van der Waals surface area contributed by atoms with E-state index in [1.165, 1.54) is 0 Å². The van der Waals surface area contributed by atoms with Crippen molar-refractivity contribution >= 4 is 15.6 Å². The van der Waals surface area contributed by atoms with Crippen molar-refractivity contribution in [2.75, 3.05) is 82.2 Å². The van der Waals surface area contributed by atoms with Crippen LogP contribution in [0.1, 0.15) is 50.7 Å². The average molecular weight is 587 g/mol. The zero-order valence-corrected chi connectivity index (χ0v) is 26.3. The fraction of sp³-hybridized carbons (Fsp3) is 0.750. The first-order valence-electron chi connectivity index (χ1n) is 12.5. The van der Waals surface area contributed by atoms with Gasteiger partial charge in [0.15, 0.2) is 13.6 Å². The number of hydrogen-bond donors (Lipinski definition) is 2. The van der Waals surface area contributed by atoms with Gasteiger partial charge in [0, 0.05) is 6.07 Å². The van der Waals surface area contributed by atoms with Gasteiger partial charge in [0.25, 0.3) is 0 Å². The molecular formula is C24H48N2O10P2+2. The molecular weight excluding hydrogens is 538 g/mol. The summed E-state index contributed by atoms with van der Waals surface area (Å²) < 4.78 is 57.0. The molecule has 38 heavy (non-hydrogen) atoms. The first-order chi connectivity index (χ1) is 17.2. The molecule has 0 saturated carbocycles. The van der Waals surface area contributed by atoms with Crippen molar-refractivity contribution in [3.8, 4) is 11.5 Å². The smallest absolute Gasteiger partial charge is 0.467 e. The molecule has 0 bridgehead atoms. The van der Waals surface area contributed by atoms with Crippen LogP contribution in [0.4, 0.5) is 0 Å². The van der Waals surface area contributed by atoms with Gasteiger partial charge in [-0.2, -0.15) is 0 Å². The van der Waals surface area contributed by atoms with Gasteiger partial charge in [-0.25, -0.2) is 18.2 Å². The largest absolute Gasteiger partial charge is 0.475 e. The molecule has 222 valence electrons. The number of likely N-dealkylation sites (N-methyl/N-ethyl adjacent to an activating group) is 2. The molecule has 0 spiro atoms. The molecule has 0 aliphatic heterocycles. The van der Waals surface area contributed by atoms with Crippen LogP contribution in [0.5, 0.6) is 11.5 Å². The van der Waals surface area contributed by atoms with Crippen LogP contribution in [-0.4, -0.2) is 101 Å². The van der Waals surface area contributed by atoms with Crippen molar-refractivity contribution in [2.45, 2.75) is 39.5 Å². The van der Waals surface area contributed by atoms with E-state index in [0.29, 0.717) is 33.6 Å². The van der Waals surface area contributed by atoms with E-state index in [1.54, 1.807) is 6.07 Å². The van der Waals surface area contributed by atoms with Gasteiger partial charge in [-0.15, -0.1) is 0 Å². The van der Waals surface area contributed by atoms with Gasteiger partial charge in [0.1, 0.15) is 37.8 Å². The fourth-order valence-corrected chi connectivity index (χ4v) is 4.14. The van der Waals surface area contributed by atoms with Crippen LogP contribution in [0.25, 0.3) is 0 Å². The molecule has 1 aromatic carbocycles. The van der Waals surface area contributed by atoms with E-state index in [2.05, 4.69) is 0 Å². The Hall–Kier alpha value is -1.04. The molecule has 2 unspecified atom stereocenters. The summed E-state index contributed by atoms with van der Waals surface area (Å²) in [5.41, 5.74) is 1.67. The summed E-state index contributed by atoms with van der Waals surface area (Å²) in [5.74, 6) is 0.859. The minimum atomic E-state index is -4.31. The van der Waals surface area contributed by atoms with E-state index >= 15 is 0 Å². The van der Waals surface area contributed by atoms with Gasteiger partial charge < -0.3 is 28.2 Å². The third-order valence-corrected chi connectivity index (χ3v) is 7.16. The van der Waals surface area contributed by atoms with Crippen LogP contribution in [-0.2, 0) is 27.2 Å². The second-order valence-electron chi connectivity index (χ2n) is 11.7. The van der Waals surface area contributed by atoms with Gasteiger partial charge in [-0.1, -0.05) is 27.7 Å². The normalized spacial score (nSPS) is 15.9. The van der Waals surface area contributed by atoms with Crippen LogP contribution in [0.2, 0.25) is 0 Å².